The Kier molecular flexibility index (Phi) is 7.50. The summed E-state index contributed by atoms with van der Waals surface area (Å²) in [6, 6.07) is 18.4. The van der Waals surface area contributed by atoms with Crippen LogP contribution in [0.2, 0.25) is 0 Å². The van der Waals surface area contributed by atoms with Crippen molar-refractivity contribution in [1.82, 2.24) is 9.97 Å². The van der Waals surface area contributed by atoms with Gasteiger partial charge >= 0.3 is 0 Å². The number of aryl methyl sites for hydroxylation is 2. The maximum Gasteiger partial charge on any atom is 0.188 e. The quantitative estimate of drug-likeness (QED) is 0.204. The number of aliphatic hydroxyl groups is 1. The van der Waals surface area contributed by atoms with Crippen LogP contribution in [0.4, 0.5) is 0 Å². The highest BCUT2D eigenvalue weighted by Crippen LogP contribution is 2.42. The smallest absolute Gasteiger partial charge is 0.188 e. The van der Waals surface area contributed by atoms with Crippen molar-refractivity contribution >= 4 is 23.1 Å². The summed E-state index contributed by atoms with van der Waals surface area (Å²) in [5.41, 5.74) is 5.35. The van der Waals surface area contributed by atoms with E-state index in [0.717, 1.165) is 43.9 Å². The van der Waals surface area contributed by atoms with Gasteiger partial charge in [-0.15, -0.1) is 11.3 Å². The van der Waals surface area contributed by atoms with Crippen LogP contribution in [0.3, 0.4) is 0 Å². The molecule has 2 aromatic heterocycles. The summed E-state index contributed by atoms with van der Waals surface area (Å²) in [5, 5.41) is 11.2. The van der Waals surface area contributed by atoms with Crippen LogP contribution in [-0.4, -0.2) is 29.3 Å². The predicted molar refractivity (Wildman–Crippen MR) is 145 cm³/mol. The number of rotatable bonds is 8. The lowest BCUT2D eigenvalue weighted by Crippen LogP contribution is -2.14. The van der Waals surface area contributed by atoms with E-state index in [1.165, 1.54) is 10.4 Å². The van der Waals surface area contributed by atoms with Crippen LogP contribution < -0.4 is 9.47 Å². The van der Waals surface area contributed by atoms with E-state index in [2.05, 4.69) is 34.2 Å². The average molecular weight is 507 g/mol. The van der Waals surface area contributed by atoms with Gasteiger partial charge < -0.3 is 14.6 Å². The summed E-state index contributed by atoms with van der Waals surface area (Å²) in [7, 11) is 3.29. The van der Waals surface area contributed by atoms with Gasteiger partial charge in [0.15, 0.2) is 16.7 Å². The van der Waals surface area contributed by atoms with Gasteiger partial charge in [0.1, 0.15) is 0 Å². The topological polar surface area (TPSA) is 64.5 Å². The van der Waals surface area contributed by atoms with E-state index >= 15 is 0 Å². The summed E-state index contributed by atoms with van der Waals surface area (Å²) in [6.45, 7) is 7.59. The van der Waals surface area contributed by atoms with Crippen LogP contribution in [0.1, 0.15) is 36.4 Å². The Morgan fingerprint density at radius 2 is 1.49 bits per heavy atom. The monoisotopic (exact) mass is 506 g/mol. The third-order valence-corrected chi connectivity index (χ3v) is 7.82. The number of nitrogens with zero attached hydrogens (tertiary/aromatic N) is 2. The summed E-state index contributed by atoms with van der Waals surface area (Å²) < 4.78 is 10.9. The number of ether oxygens (including phenoxy) is 2. The molecule has 5 nitrogen and oxygen atoms in total. The molecule has 35 heavy (non-hydrogen) atoms. The normalized spacial score (nSPS) is 11.5. The highest BCUT2D eigenvalue weighted by Gasteiger charge is 2.18. The van der Waals surface area contributed by atoms with Crippen LogP contribution in [0.25, 0.3) is 20.9 Å². The van der Waals surface area contributed by atoms with E-state index in [0.29, 0.717) is 11.5 Å². The first kappa shape index (κ1) is 25.2. The highest BCUT2D eigenvalue weighted by atomic mass is 32.2. The molecule has 0 spiro atoms. The van der Waals surface area contributed by atoms with Crippen molar-refractivity contribution in [3.63, 3.8) is 0 Å². The minimum Gasteiger partial charge on any atom is -0.493 e. The van der Waals surface area contributed by atoms with Gasteiger partial charge in [0.2, 0.25) is 0 Å². The number of thiophene rings is 1. The fraction of sp³-hybridized carbons (Fsp3) is 0.286. The van der Waals surface area contributed by atoms with E-state index in [4.69, 9.17) is 9.47 Å². The summed E-state index contributed by atoms with van der Waals surface area (Å²) >= 11 is 3.38. The standard InChI is InChI=1S/C28H30N2O3S2/c1-17-13-18(2)30-27(29-17)34-16-21-15-25(20-9-12-23(32-5)24(14-20)33-6)35-26(21)19-7-10-22(11-8-19)28(3,4)31/h7-15,31H,16H2,1-6H3. The molecule has 0 fully saturated rings. The largest absolute Gasteiger partial charge is 0.493 e. The Hall–Kier alpha value is -2.87. The van der Waals surface area contributed by atoms with E-state index in [-0.39, 0.29) is 0 Å². The van der Waals surface area contributed by atoms with Crippen molar-refractivity contribution in [2.45, 2.75) is 44.2 Å². The van der Waals surface area contributed by atoms with Crippen LogP contribution in [-0.2, 0) is 11.4 Å². The zero-order valence-electron chi connectivity index (χ0n) is 20.9. The second kappa shape index (κ2) is 10.4. The molecule has 1 N–H and O–H groups in total. The number of hydrogen-bond acceptors (Lipinski definition) is 7. The van der Waals surface area contributed by atoms with E-state index in [1.54, 1.807) is 51.2 Å². The van der Waals surface area contributed by atoms with Crippen LogP contribution in [0.5, 0.6) is 11.5 Å². The molecule has 2 aromatic carbocycles. The van der Waals surface area contributed by atoms with Gasteiger partial charge in [-0.25, -0.2) is 9.97 Å². The first-order valence-corrected chi connectivity index (χ1v) is 13.1. The molecule has 4 aromatic rings. The molecule has 0 amide bonds. The van der Waals surface area contributed by atoms with Gasteiger partial charge in [0.05, 0.1) is 19.8 Å². The number of benzene rings is 2. The Labute approximate surface area is 215 Å². The average Bonchev–Trinajstić information content (AvgIpc) is 3.25. The van der Waals surface area contributed by atoms with Crippen molar-refractivity contribution in [3.05, 3.63) is 77.1 Å². The van der Waals surface area contributed by atoms with E-state index in [1.807, 2.05) is 44.2 Å². The zero-order valence-corrected chi connectivity index (χ0v) is 22.5. The van der Waals surface area contributed by atoms with Crippen LogP contribution in [0, 0.1) is 13.8 Å². The molecule has 2 heterocycles. The molecule has 0 aliphatic rings. The fourth-order valence-electron chi connectivity index (χ4n) is 3.84. The molecule has 0 saturated heterocycles. The van der Waals surface area contributed by atoms with Gasteiger partial charge in [-0.2, -0.15) is 0 Å². The van der Waals surface area contributed by atoms with E-state index < -0.39 is 5.60 Å². The summed E-state index contributed by atoms with van der Waals surface area (Å²) in [6.07, 6.45) is 0. The minimum absolute atomic E-state index is 0.703. The van der Waals surface area contributed by atoms with Crippen molar-refractivity contribution in [1.29, 1.82) is 0 Å². The molecular formula is C28H30N2O3S2. The number of hydrogen-bond donors (Lipinski definition) is 1. The molecule has 7 heteroatoms. The lowest BCUT2D eigenvalue weighted by Gasteiger charge is -2.17. The van der Waals surface area contributed by atoms with Crippen molar-refractivity contribution in [3.8, 4) is 32.4 Å². The maximum absolute atomic E-state index is 10.4. The zero-order chi connectivity index (χ0) is 25.2. The van der Waals surface area contributed by atoms with E-state index in [9.17, 15) is 5.11 Å². The molecule has 0 saturated carbocycles. The predicted octanol–water partition coefficient (Wildman–Crippen LogP) is 7.03. The minimum atomic E-state index is -0.877. The van der Waals surface area contributed by atoms with Gasteiger partial charge in [-0.1, -0.05) is 36.0 Å². The molecule has 0 aliphatic carbocycles. The first-order chi connectivity index (χ1) is 16.7. The number of methoxy groups -OCH3 is 2. The molecule has 4 rings (SSSR count). The number of aromatic nitrogens is 2. The van der Waals surface area contributed by atoms with Gasteiger partial charge in [0.25, 0.3) is 0 Å². The number of thioether (sulfide) groups is 1. The van der Waals surface area contributed by atoms with Crippen LogP contribution in [0.15, 0.2) is 59.8 Å². The Balaban J connectivity index is 1.73. The molecule has 0 atom stereocenters. The SMILES string of the molecule is COc1ccc(-c2cc(CSc3nc(C)cc(C)n3)c(-c3ccc(C(C)(C)O)cc3)s2)cc1OC. The summed E-state index contributed by atoms with van der Waals surface area (Å²) in [5.74, 6) is 2.15. The van der Waals surface area contributed by atoms with Gasteiger partial charge in [0, 0.05) is 26.9 Å². The molecule has 0 unspecified atom stereocenters. The lowest BCUT2D eigenvalue weighted by atomic mass is 9.97. The van der Waals surface area contributed by atoms with Crippen LogP contribution >= 0.6 is 23.1 Å². The second-order valence-electron chi connectivity index (χ2n) is 8.89. The molecular weight excluding hydrogens is 476 g/mol. The fourth-order valence-corrected chi connectivity index (χ4v) is 6.04. The Morgan fingerprint density at radius 1 is 0.857 bits per heavy atom. The van der Waals surface area contributed by atoms with Crippen molar-refractivity contribution in [2.75, 3.05) is 14.2 Å². The molecule has 0 bridgehead atoms. The highest BCUT2D eigenvalue weighted by molar-refractivity contribution is 7.98. The third kappa shape index (κ3) is 5.86. The van der Waals surface area contributed by atoms with Gasteiger partial charge in [-0.3, -0.25) is 0 Å². The Morgan fingerprint density at radius 3 is 2.09 bits per heavy atom. The third-order valence-electron chi connectivity index (χ3n) is 5.65. The van der Waals surface area contributed by atoms with Gasteiger partial charge in [-0.05, 0) is 80.3 Å². The molecule has 0 radical (unpaired) electrons. The van der Waals surface area contributed by atoms with Crippen molar-refractivity contribution in [2.24, 2.45) is 0 Å². The maximum atomic E-state index is 10.4. The van der Waals surface area contributed by atoms with Crippen molar-refractivity contribution < 1.29 is 14.6 Å². The summed E-state index contributed by atoms with van der Waals surface area (Å²) in [4.78, 5) is 11.5. The molecule has 182 valence electrons. The second-order valence-corrected chi connectivity index (χ2v) is 10.9. The lowest BCUT2D eigenvalue weighted by molar-refractivity contribution is 0.0786. The molecule has 0 aliphatic heterocycles. The first-order valence-electron chi connectivity index (χ1n) is 11.3. The Bertz CT molecular complexity index is 1310.